The normalized spacial score (nSPS) is 15.7. The maximum absolute atomic E-state index is 12.2. The van der Waals surface area contributed by atoms with E-state index >= 15 is 0 Å². The van der Waals surface area contributed by atoms with Crippen molar-refractivity contribution in [1.82, 2.24) is 15.1 Å². The number of amides is 1. The SMILES string of the molecule is CCC=C/C=C\C(=N/C)N1CCC(Nc2nnc(NC(=O)Cc3ccccc3)s2)CC1. The monoisotopic (exact) mass is 438 g/mol. The van der Waals surface area contributed by atoms with Gasteiger partial charge >= 0.3 is 0 Å². The molecule has 1 aromatic carbocycles. The molecule has 0 bridgehead atoms. The largest absolute Gasteiger partial charge is 0.357 e. The number of carbonyl (C=O) groups is 1. The highest BCUT2D eigenvalue weighted by Crippen LogP contribution is 2.23. The van der Waals surface area contributed by atoms with Crippen molar-refractivity contribution in [3.8, 4) is 0 Å². The number of rotatable bonds is 8. The fourth-order valence-electron chi connectivity index (χ4n) is 3.38. The summed E-state index contributed by atoms with van der Waals surface area (Å²) in [6.45, 7) is 3.99. The third-order valence-electron chi connectivity index (χ3n) is 4.98. The van der Waals surface area contributed by atoms with Gasteiger partial charge in [0.05, 0.1) is 6.42 Å². The number of nitrogens with one attached hydrogen (secondary N) is 2. The van der Waals surface area contributed by atoms with Crippen LogP contribution in [-0.4, -0.2) is 53.0 Å². The van der Waals surface area contributed by atoms with Gasteiger partial charge in [0.1, 0.15) is 5.84 Å². The van der Waals surface area contributed by atoms with E-state index in [4.69, 9.17) is 0 Å². The number of anilines is 2. The molecule has 0 atom stereocenters. The molecule has 1 amide bonds. The molecule has 0 radical (unpaired) electrons. The van der Waals surface area contributed by atoms with Crippen molar-refractivity contribution in [1.29, 1.82) is 0 Å². The van der Waals surface area contributed by atoms with Gasteiger partial charge in [0.15, 0.2) is 0 Å². The minimum atomic E-state index is -0.0876. The summed E-state index contributed by atoms with van der Waals surface area (Å²) < 4.78 is 0. The molecule has 0 unspecified atom stereocenters. The van der Waals surface area contributed by atoms with E-state index in [9.17, 15) is 4.79 Å². The van der Waals surface area contributed by atoms with Crippen LogP contribution >= 0.6 is 11.3 Å². The van der Waals surface area contributed by atoms with Gasteiger partial charge in [0.25, 0.3) is 0 Å². The van der Waals surface area contributed by atoms with Crippen molar-refractivity contribution in [3.63, 3.8) is 0 Å². The molecule has 2 heterocycles. The highest BCUT2D eigenvalue weighted by Gasteiger charge is 2.21. The van der Waals surface area contributed by atoms with Gasteiger partial charge in [0.2, 0.25) is 16.2 Å². The number of amidine groups is 1. The molecule has 0 aliphatic carbocycles. The van der Waals surface area contributed by atoms with E-state index in [1.807, 2.05) is 43.5 Å². The second-order valence-electron chi connectivity index (χ2n) is 7.31. The van der Waals surface area contributed by atoms with Gasteiger partial charge in [-0.25, -0.2) is 0 Å². The molecule has 8 heteroatoms. The molecule has 3 rings (SSSR count). The molecule has 1 aromatic heterocycles. The van der Waals surface area contributed by atoms with E-state index in [0.717, 1.165) is 48.9 Å². The zero-order chi connectivity index (χ0) is 21.9. The minimum Gasteiger partial charge on any atom is -0.357 e. The maximum Gasteiger partial charge on any atom is 0.230 e. The number of allylic oxidation sites excluding steroid dienone is 3. The van der Waals surface area contributed by atoms with Crippen LogP contribution in [0.25, 0.3) is 0 Å². The topological polar surface area (TPSA) is 82.5 Å². The van der Waals surface area contributed by atoms with Gasteiger partial charge in [-0.05, 0) is 30.9 Å². The summed E-state index contributed by atoms with van der Waals surface area (Å²) in [5.74, 6) is 0.925. The van der Waals surface area contributed by atoms with Crippen molar-refractivity contribution in [2.75, 3.05) is 30.8 Å². The first-order valence-corrected chi connectivity index (χ1v) is 11.5. The van der Waals surface area contributed by atoms with Gasteiger partial charge in [-0.1, -0.05) is 66.8 Å². The van der Waals surface area contributed by atoms with Gasteiger partial charge < -0.3 is 15.5 Å². The van der Waals surface area contributed by atoms with Crippen LogP contribution < -0.4 is 10.6 Å². The van der Waals surface area contributed by atoms with Crippen LogP contribution in [0.3, 0.4) is 0 Å². The number of aromatic nitrogens is 2. The number of nitrogens with zero attached hydrogens (tertiary/aromatic N) is 4. The first-order valence-electron chi connectivity index (χ1n) is 10.7. The van der Waals surface area contributed by atoms with Crippen molar-refractivity contribution in [2.45, 2.75) is 38.6 Å². The highest BCUT2D eigenvalue weighted by atomic mass is 32.1. The third-order valence-corrected chi connectivity index (χ3v) is 5.75. The second kappa shape index (κ2) is 12.0. The summed E-state index contributed by atoms with van der Waals surface area (Å²) in [5, 5.41) is 15.8. The fraction of sp³-hybridized carbons (Fsp3) is 0.391. The molecule has 1 aliphatic rings. The Kier molecular flexibility index (Phi) is 8.78. The molecule has 1 aliphatic heterocycles. The lowest BCUT2D eigenvalue weighted by Gasteiger charge is -2.33. The summed E-state index contributed by atoms with van der Waals surface area (Å²) in [4.78, 5) is 18.9. The average molecular weight is 439 g/mol. The van der Waals surface area contributed by atoms with Crippen LogP contribution in [0.15, 0.2) is 59.6 Å². The van der Waals surface area contributed by atoms with Crippen LogP contribution in [-0.2, 0) is 11.2 Å². The molecule has 2 N–H and O–H groups in total. The van der Waals surface area contributed by atoms with Crippen LogP contribution in [0, 0.1) is 0 Å². The van der Waals surface area contributed by atoms with Crippen molar-refractivity contribution < 1.29 is 4.79 Å². The number of hydrogen-bond donors (Lipinski definition) is 2. The predicted molar refractivity (Wildman–Crippen MR) is 129 cm³/mol. The zero-order valence-electron chi connectivity index (χ0n) is 18.1. The van der Waals surface area contributed by atoms with E-state index in [2.05, 4.69) is 55.9 Å². The fourth-order valence-corrected chi connectivity index (χ4v) is 4.12. The molecular formula is C23H30N6OS. The number of benzene rings is 1. The minimum absolute atomic E-state index is 0.0876. The summed E-state index contributed by atoms with van der Waals surface area (Å²) in [6.07, 6.45) is 11.6. The smallest absolute Gasteiger partial charge is 0.230 e. The lowest BCUT2D eigenvalue weighted by Crippen LogP contribution is -2.41. The summed E-state index contributed by atoms with van der Waals surface area (Å²) in [7, 11) is 1.84. The quantitative estimate of drug-likeness (QED) is 0.368. The van der Waals surface area contributed by atoms with E-state index in [1.165, 1.54) is 11.3 Å². The van der Waals surface area contributed by atoms with Gasteiger partial charge in [-0.2, -0.15) is 0 Å². The third kappa shape index (κ3) is 7.32. The lowest BCUT2D eigenvalue weighted by molar-refractivity contribution is -0.115. The van der Waals surface area contributed by atoms with E-state index in [0.29, 0.717) is 17.6 Å². The summed E-state index contributed by atoms with van der Waals surface area (Å²) in [6, 6.07) is 9.99. The van der Waals surface area contributed by atoms with Gasteiger partial charge in [-0.15, -0.1) is 10.2 Å². The number of hydrogen-bond acceptors (Lipinski definition) is 6. The number of likely N-dealkylation sites (tertiary alicyclic amines) is 1. The molecule has 164 valence electrons. The molecule has 1 saturated heterocycles. The second-order valence-corrected chi connectivity index (χ2v) is 8.28. The van der Waals surface area contributed by atoms with E-state index in [-0.39, 0.29) is 5.91 Å². The predicted octanol–water partition coefficient (Wildman–Crippen LogP) is 4.15. The lowest BCUT2D eigenvalue weighted by atomic mass is 10.1. The van der Waals surface area contributed by atoms with Gasteiger partial charge in [0, 0.05) is 26.2 Å². The van der Waals surface area contributed by atoms with Crippen molar-refractivity contribution in [3.05, 3.63) is 60.2 Å². The number of aliphatic imine (C=N–C) groups is 1. The number of carbonyl (C=O) groups excluding carboxylic acids is 1. The van der Waals surface area contributed by atoms with Crippen molar-refractivity contribution >= 4 is 33.3 Å². The molecule has 1 fully saturated rings. The zero-order valence-corrected chi connectivity index (χ0v) is 18.9. The highest BCUT2D eigenvalue weighted by molar-refractivity contribution is 7.19. The number of piperidine rings is 1. The van der Waals surface area contributed by atoms with Crippen LogP contribution in [0.5, 0.6) is 0 Å². The first-order chi connectivity index (χ1) is 15.2. The first kappa shape index (κ1) is 22.7. The van der Waals surface area contributed by atoms with Crippen LogP contribution in [0.4, 0.5) is 10.3 Å². The molecule has 31 heavy (non-hydrogen) atoms. The maximum atomic E-state index is 12.2. The van der Waals surface area contributed by atoms with Crippen LogP contribution in [0.2, 0.25) is 0 Å². The van der Waals surface area contributed by atoms with E-state index in [1.54, 1.807) is 0 Å². The Bertz CT molecular complexity index is 913. The van der Waals surface area contributed by atoms with Crippen molar-refractivity contribution in [2.24, 2.45) is 4.99 Å². The Labute approximate surface area is 188 Å². The Morgan fingerprint density at radius 3 is 2.65 bits per heavy atom. The molecule has 0 saturated carbocycles. The Morgan fingerprint density at radius 2 is 1.94 bits per heavy atom. The Morgan fingerprint density at radius 1 is 1.19 bits per heavy atom. The standard InChI is InChI=1S/C23H30N6OS/c1-3-4-5-9-12-20(24-2)29-15-13-19(14-16-29)25-22-27-28-23(31-22)26-21(30)17-18-10-7-6-8-11-18/h4-12,19H,3,13-17H2,1-2H3,(H,25,27)(H,26,28,30)/b5-4?,12-9-,24-20+. The Hall–Kier alpha value is -3.00. The van der Waals surface area contributed by atoms with E-state index < -0.39 is 0 Å². The summed E-state index contributed by atoms with van der Waals surface area (Å²) in [5.41, 5.74) is 0.973. The molecular weight excluding hydrogens is 408 g/mol. The van der Waals surface area contributed by atoms with Gasteiger partial charge in [-0.3, -0.25) is 9.79 Å². The molecule has 0 spiro atoms. The average Bonchev–Trinajstić information content (AvgIpc) is 3.22. The molecule has 7 nitrogen and oxygen atoms in total. The Balaban J connectivity index is 1.45. The molecule has 2 aromatic rings. The summed E-state index contributed by atoms with van der Waals surface area (Å²) >= 11 is 1.37. The van der Waals surface area contributed by atoms with Crippen LogP contribution in [0.1, 0.15) is 31.7 Å².